The molecule has 0 atom stereocenters. The molecule has 1 aromatic heterocycles. The Balaban J connectivity index is 2.18. The van der Waals surface area contributed by atoms with E-state index >= 15 is 0 Å². The minimum absolute atomic E-state index is 0.600. The van der Waals surface area contributed by atoms with Gasteiger partial charge in [-0.15, -0.1) is 0 Å². The molecule has 1 heterocycles. The smallest absolute Gasteiger partial charge is 0.129 e. The third kappa shape index (κ3) is 1.62. The molecule has 1 aliphatic rings. The van der Waals surface area contributed by atoms with Crippen molar-refractivity contribution >= 4 is 5.82 Å². The van der Waals surface area contributed by atoms with Crippen LogP contribution in [0.25, 0.3) is 11.1 Å². The number of hydrogen-bond acceptors (Lipinski definition) is 2. The molecule has 0 bridgehead atoms. The fourth-order valence-corrected chi connectivity index (χ4v) is 2.66. The summed E-state index contributed by atoms with van der Waals surface area (Å²) in [6.45, 7) is 2.13. The van der Waals surface area contributed by atoms with E-state index in [1.807, 2.05) is 11.7 Å². The Morgan fingerprint density at radius 1 is 1.28 bits per heavy atom. The number of anilines is 1. The topological polar surface area (TPSA) is 43.8 Å². The van der Waals surface area contributed by atoms with Gasteiger partial charge >= 0.3 is 0 Å². The highest BCUT2D eigenvalue weighted by atomic mass is 15.3. The average molecular weight is 241 g/mol. The van der Waals surface area contributed by atoms with Gasteiger partial charge in [0, 0.05) is 18.5 Å². The first-order valence-electron chi connectivity index (χ1n) is 6.57. The Bertz CT molecular complexity index is 579. The number of nitrogens with zero attached hydrogens (tertiary/aromatic N) is 2. The predicted octanol–water partition coefficient (Wildman–Crippen LogP) is 3.25. The molecule has 0 amide bonds. The van der Waals surface area contributed by atoms with Gasteiger partial charge in [0.2, 0.25) is 0 Å². The van der Waals surface area contributed by atoms with Gasteiger partial charge in [-0.2, -0.15) is 5.10 Å². The number of rotatable bonds is 2. The molecule has 1 fully saturated rings. The van der Waals surface area contributed by atoms with Gasteiger partial charge in [0.15, 0.2) is 0 Å². The van der Waals surface area contributed by atoms with Crippen LogP contribution in [0.3, 0.4) is 0 Å². The molecular weight excluding hydrogens is 222 g/mol. The summed E-state index contributed by atoms with van der Waals surface area (Å²) in [5, 5.41) is 4.64. The van der Waals surface area contributed by atoms with E-state index in [-0.39, 0.29) is 0 Å². The van der Waals surface area contributed by atoms with Crippen molar-refractivity contribution in [3.8, 4) is 11.1 Å². The van der Waals surface area contributed by atoms with Crippen LogP contribution in [0, 0.1) is 6.92 Å². The van der Waals surface area contributed by atoms with Crippen LogP contribution in [-0.4, -0.2) is 9.78 Å². The van der Waals surface area contributed by atoms with Crippen LogP contribution in [-0.2, 0) is 7.05 Å². The summed E-state index contributed by atoms with van der Waals surface area (Å²) in [6, 6.07) is 8.41. The lowest BCUT2D eigenvalue weighted by molar-refractivity contribution is 0.408. The van der Waals surface area contributed by atoms with Gasteiger partial charge in [-0.1, -0.05) is 30.7 Å². The highest BCUT2D eigenvalue weighted by Crippen LogP contribution is 2.43. The lowest BCUT2D eigenvalue weighted by atomic mass is 9.80. The summed E-state index contributed by atoms with van der Waals surface area (Å²) in [5.74, 6) is 1.38. The first-order chi connectivity index (χ1) is 8.68. The van der Waals surface area contributed by atoms with Crippen LogP contribution in [0.2, 0.25) is 0 Å². The summed E-state index contributed by atoms with van der Waals surface area (Å²) < 4.78 is 1.81. The fraction of sp³-hybridized carbons (Fsp3) is 0.400. The second-order valence-electron chi connectivity index (χ2n) is 5.21. The van der Waals surface area contributed by atoms with Gasteiger partial charge < -0.3 is 5.73 Å². The highest BCUT2D eigenvalue weighted by molar-refractivity contribution is 5.79. The molecule has 3 nitrogen and oxygen atoms in total. The van der Waals surface area contributed by atoms with Crippen LogP contribution in [0.15, 0.2) is 24.3 Å². The van der Waals surface area contributed by atoms with Crippen LogP contribution < -0.4 is 5.73 Å². The first kappa shape index (κ1) is 11.3. The van der Waals surface area contributed by atoms with E-state index in [9.17, 15) is 0 Å². The third-order valence-electron chi connectivity index (χ3n) is 4.02. The van der Waals surface area contributed by atoms with Crippen LogP contribution in [0.1, 0.15) is 36.4 Å². The van der Waals surface area contributed by atoms with Crippen molar-refractivity contribution in [2.24, 2.45) is 7.05 Å². The van der Waals surface area contributed by atoms with Crippen molar-refractivity contribution in [2.45, 2.75) is 32.1 Å². The Morgan fingerprint density at radius 3 is 2.61 bits per heavy atom. The lowest BCUT2D eigenvalue weighted by Gasteiger charge is -2.24. The van der Waals surface area contributed by atoms with Crippen molar-refractivity contribution in [3.63, 3.8) is 0 Å². The molecule has 0 aliphatic heterocycles. The molecule has 0 unspecified atom stereocenters. The zero-order valence-electron chi connectivity index (χ0n) is 11.0. The monoisotopic (exact) mass is 241 g/mol. The van der Waals surface area contributed by atoms with Crippen LogP contribution in [0.4, 0.5) is 5.82 Å². The average Bonchev–Trinajstić information content (AvgIpc) is 2.55. The third-order valence-corrected chi connectivity index (χ3v) is 4.02. The number of nitrogens with two attached hydrogens (primary N) is 1. The van der Waals surface area contributed by atoms with E-state index in [1.165, 1.54) is 36.1 Å². The van der Waals surface area contributed by atoms with Gasteiger partial charge in [0.25, 0.3) is 0 Å². The summed E-state index contributed by atoms with van der Waals surface area (Å²) in [7, 11) is 1.93. The van der Waals surface area contributed by atoms with Crippen molar-refractivity contribution < 1.29 is 0 Å². The summed E-state index contributed by atoms with van der Waals surface area (Å²) in [5.41, 5.74) is 11.1. The quantitative estimate of drug-likeness (QED) is 0.877. The predicted molar refractivity (Wildman–Crippen MR) is 74.4 cm³/mol. The molecule has 2 aromatic rings. The molecule has 0 spiro atoms. The molecule has 94 valence electrons. The van der Waals surface area contributed by atoms with Crippen molar-refractivity contribution in [2.75, 3.05) is 5.73 Å². The molecule has 2 N–H and O–H groups in total. The van der Waals surface area contributed by atoms with E-state index in [1.54, 1.807) is 0 Å². The first-order valence-corrected chi connectivity index (χ1v) is 6.57. The fourth-order valence-electron chi connectivity index (χ4n) is 2.66. The Kier molecular flexibility index (Phi) is 2.62. The number of hydrogen-bond donors (Lipinski definition) is 1. The van der Waals surface area contributed by atoms with E-state index in [0.29, 0.717) is 5.92 Å². The summed E-state index contributed by atoms with van der Waals surface area (Å²) >= 11 is 0. The highest BCUT2D eigenvalue weighted by Gasteiger charge is 2.28. The van der Waals surface area contributed by atoms with Gasteiger partial charge in [0.05, 0.1) is 5.69 Å². The maximum Gasteiger partial charge on any atom is 0.129 e. The number of benzene rings is 1. The standard InChI is InChI=1S/C15H19N3/c1-10-6-3-4-9-12(10)13-14(11-7-5-8-11)17-18(2)15(13)16/h3-4,6,9,11H,5,7-8,16H2,1-2H3. The minimum atomic E-state index is 0.600. The van der Waals surface area contributed by atoms with Gasteiger partial charge in [-0.05, 0) is 30.9 Å². The number of aromatic nitrogens is 2. The van der Waals surface area contributed by atoms with E-state index in [0.717, 1.165) is 11.4 Å². The van der Waals surface area contributed by atoms with E-state index < -0.39 is 0 Å². The molecule has 3 heteroatoms. The Hall–Kier alpha value is -1.77. The zero-order valence-corrected chi connectivity index (χ0v) is 11.0. The molecular formula is C15H19N3. The molecule has 1 aliphatic carbocycles. The van der Waals surface area contributed by atoms with Crippen molar-refractivity contribution in [3.05, 3.63) is 35.5 Å². The van der Waals surface area contributed by atoms with Gasteiger partial charge in [-0.25, -0.2) is 0 Å². The SMILES string of the molecule is Cc1ccccc1-c1c(C2CCC2)nn(C)c1N. The summed E-state index contributed by atoms with van der Waals surface area (Å²) in [6.07, 6.45) is 3.80. The van der Waals surface area contributed by atoms with E-state index in [2.05, 4.69) is 36.3 Å². The molecule has 0 saturated heterocycles. The molecule has 1 saturated carbocycles. The Labute approximate surface area is 108 Å². The minimum Gasteiger partial charge on any atom is -0.383 e. The molecule has 1 aromatic carbocycles. The largest absolute Gasteiger partial charge is 0.383 e. The summed E-state index contributed by atoms with van der Waals surface area (Å²) in [4.78, 5) is 0. The normalized spacial score (nSPS) is 15.7. The van der Waals surface area contributed by atoms with Crippen LogP contribution >= 0.6 is 0 Å². The lowest BCUT2D eigenvalue weighted by Crippen LogP contribution is -2.10. The maximum absolute atomic E-state index is 6.22. The second-order valence-corrected chi connectivity index (χ2v) is 5.21. The zero-order chi connectivity index (χ0) is 12.7. The number of nitrogen functional groups attached to an aromatic ring is 1. The molecule has 18 heavy (non-hydrogen) atoms. The van der Waals surface area contributed by atoms with Crippen LogP contribution in [0.5, 0.6) is 0 Å². The van der Waals surface area contributed by atoms with E-state index in [4.69, 9.17) is 5.73 Å². The molecule has 0 radical (unpaired) electrons. The number of aryl methyl sites for hydroxylation is 2. The van der Waals surface area contributed by atoms with Crippen molar-refractivity contribution in [1.82, 2.24) is 9.78 Å². The van der Waals surface area contributed by atoms with Gasteiger partial charge in [-0.3, -0.25) is 4.68 Å². The molecule has 3 rings (SSSR count). The van der Waals surface area contributed by atoms with Crippen molar-refractivity contribution in [1.29, 1.82) is 0 Å². The second kappa shape index (κ2) is 4.16. The Morgan fingerprint density at radius 2 is 2.00 bits per heavy atom. The van der Waals surface area contributed by atoms with Gasteiger partial charge in [0.1, 0.15) is 5.82 Å². The maximum atomic E-state index is 6.22.